The van der Waals surface area contributed by atoms with Gasteiger partial charge in [-0.05, 0) is 23.1 Å². The number of rotatable bonds is 4. The first-order valence-corrected chi connectivity index (χ1v) is 9.42. The number of nitrogens with one attached hydrogen (secondary N) is 1. The fraction of sp³-hybridized carbons (Fsp3) is 0.650. The molecule has 2 aliphatic rings. The van der Waals surface area contributed by atoms with Gasteiger partial charge in [0.1, 0.15) is 12.4 Å². The summed E-state index contributed by atoms with van der Waals surface area (Å²) in [4.78, 5) is 14.1. The van der Waals surface area contributed by atoms with Gasteiger partial charge in [-0.3, -0.25) is 0 Å². The molecule has 6 heteroatoms. The Kier molecular flexibility index (Phi) is 5.73. The summed E-state index contributed by atoms with van der Waals surface area (Å²) in [6.07, 6.45) is 1.47. The van der Waals surface area contributed by atoms with E-state index < -0.39 is 5.79 Å². The van der Waals surface area contributed by atoms with Crippen LogP contribution < -0.4 is 10.1 Å². The number of urea groups is 1. The summed E-state index contributed by atoms with van der Waals surface area (Å²) in [6.45, 7) is 10.1. The Morgan fingerprint density at radius 3 is 2.35 bits per heavy atom. The fourth-order valence-corrected chi connectivity index (χ4v) is 3.33. The number of carbonyl (C=O) groups excluding carboxylic acids is 1. The molecule has 1 aromatic carbocycles. The molecule has 3 rings (SSSR count). The Balaban J connectivity index is 1.35. The average molecular weight is 362 g/mol. The zero-order valence-electron chi connectivity index (χ0n) is 16.0. The van der Waals surface area contributed by atoms with Gasteiger partial charge in [-0.2, -0.15) is 0 Å². The summed E-state index contributed by atoms with van der Waals surface area (Å²) in [5, 5.41) is 2.92. The standard InChI is InChI=1S/C20H30N2O4/c1-19(2,3)16-4-6-17(7-5-16)24-13-10-21-18(23)22-11-8-20(9-12-22)25-14-15-26-20/h4-7H,8-15H2,1-3H3,(H,21,23). The largest absolute Gasteiger partial charge is 0.492 e. The number of piperidine rings is 1. The van der Waals surface area contributed by atoms with Gasteiger partial charge < -0.3 is 24.4 Å². The van der Waals surface area contributed by atoms with E-state index in [4.69, 9.17) is 14.2 Å². The van der Waals surface area contributed by atoms with Crippen LogP contribution >= 0.6 is 0 Å². The van der Waals surface area contributed by atoms with Crippen molar-refractivity contribution in [3.05, 3.63) is 29.8 Å². The normalized spacial score (nSPS) is 19.6. The maximum atomic E-state index is 12.2. The lowest BCUT2D eigenvalue weighted by Crippen LogP contribution is -2.50. The molecule has 1 N–H and O–H groups in total. The lowest BCUT2D eigenvalue weighted by atomic mass is 9.87. The first kappa shape index (κ1) is 19.0. The van der Waals surface area contributed by atoms with Gasteiger partial charge in [0.25, 0.3) is 0 Å². The van der Waals surface area contributed by atoms with Gasteiger partial charge in [-0.25, -0.2) is 4.79 Å². The van der Waals surface area contributed by atoms with E-state index in [0.29, 0.717) is 39.5 Å². The third-order valence-electron chi connectivity index (χ3n) is 4.99. The number of amides is 2. The number of likely N-dealkylation sites (tertiary alicyclic amines) is 1. The third-order valence-corrected chi connectivity index (χ3v) is 4.99. The molecule has 1 spiro atoms. The Morgan fingerprint density at radius 2 is 1.77 bits per heavy atom. The van der Waals surface area contributed by atoms with Gasteiger partial charge >= 0.3 is 6.03 Å². The predicted octanol–water partition coefficient (Wildman–Crippen LogP) is 2.91. The smallest absolute Gasteiger partial charge is 0.317 e. The monoisotopic (exact) mass is 362 g/mol. The molecule has 0 aliphatic carbocycles. The molecule has 2 saturated heterocycles. The third kappa shape index (κ3) is 4.68. The topological polar surface area (TPSA) is 60.0 Å². The summed E-state index contributed by atoms with van der Waals surface area (Å²) < 4.78 is 17.1. The van der Waals surface area contributed by atoms with Crippen molar-refractivity contribution in [3.63, 3.8) is 0 Å². The Bertz CT molecular complexity index is 593. The summed E-state index contributed by atoms with van der Waals surface area (Å²) >= 11 is 0. The molecular formula is C20H30N2O4. The Labute approximate surface area is 155 Å². The minimum absolute atomic E-state index is 0.0514. The number of benzene rings is 1. The highest BCUT2D eigenvalue weighted by Crippen LogP contribution is 2.31. The summed E-state index contributed by atoms with van der Waals surface area (Å²) in [5.74, 6) is 0.377. The number of nitrogens with zero attached hydrogens (tertiary/aromatic N) is 1. The lowest BCUT2D eigenvalue weighted by molar-refractivity contribution is -0.181. The van der Waals surface area contributed by atoms with E-state index in [1.54, 1.807) is 0 Å². The van der Waals surface area contributed by atoms with Crippen LogP contribution in [0.3, 0.4) is 0 Å². The van der Waals surface area contributed by atoms with Crippen LogP contribution in [0.1, 0.15) is 39.2 Å². The number of hydrogen-bond acceptors (Lipinski definition) is 4. The summed E-state index contributed by atoms with van der Waals surface area (Å²) in [7, 11) is 0. The Hall–Kier alpha value is -1.79. The molecule has 0 bridgehead atoms. The van der Waals surface area contributed by atoms with E-state index in [0.717, 1.165) is 18.6 Å². The van der Waals surface area contributed by atoms with Crippen molar-refractivity contribution in [2.24, 2.45) is 0 Å². The second-order valence-electron chi connectivity index (χ2n) is 7.95. The molecule has 2 aliphatic heterocycles. The van der Waals surface area contributed by atoms with E-state index >= 15 is 0 Å². The zero-order chi connectivity index (χ0) is 18.6. The average Bonchev–Trinajstić information content (AvgIpc) is 3.07. The van der Waals surface area contributed by atoms with Crippen molar-refractivity contribution < 1.29 is 19.0 Å². The fourth-order valence-electron chi connectivity index (χ4n) is 3.33. The van der Waals surface area contributed by atoms with Crippen molar-refractivity contribution in [1.29, 1.82) is 0 Å². The highest BCUT2D eigenvalue weighted by atomic mass is 16.7. The first-order valence-electron chi connectivity index (χ1n) is 9.42. The molecule has 6 nitrogen and oxygen atoms in total. The number of carbonyl (C=O) groups is 1. The Morgan fingerprint density at radius 1 is 1.15 bits per heavy atom. The minimum atomic E-state index is -0.445. The van der Waals surface area contributed by atoms with Gasteiger partial charge in [0, 0.05) is 25.9 Å². The molecule has 2 fully saturated rings. The molecular weight excluding hydrogens is 332 g/mol. The highest BCUT2D eigenvalue weighted by Gasteiger charge is 2.40. The van der Waals surface area contributed by atoms with Crippen LogP contribution in [0.5, 0.6) is 5.75 Å². The molecule has 144 valence electrons. The molecule has 0 unspecified atom stereocenters. The molecule has 0 saturated carbocycles. The second-order valence-corrected chi connectivity index (χ2v) is 7.95. The van der Waals surface area contributed by atoms with Gasteiger partial charge in [0.2, 0.25) is 0 Å². The lowest BCUT2D eigenvalue weighted by Gasteiger charge is -2.37. The number of ether oxygens (including phenoxy) is 3. The first-order chi connectivity index (χ1) is 12.4. The predicted molar refractivity (Wildman–Crippen MR) is 99.5 cm³/mol. The van der Waals surface area contributed by atoms with Gasteiger partial charge in [0.15, 0.2) is 5.79 Å². The van der Waals surface area contributed by atoms with E-state index in [9.17, 15) is 4.79 Å². The SMILES string of the molecule is CC(C)(C)c1ccc(OCCNC(=O)N2CCC3(CC2)OCCO3)cc1. The number of hydrogen-bond donors (Lipinski definition) is 1. The van der Waals surface area contributed by atoms with Crippen LogP contribution in [-0.4, -0.2) is 56.2 Å². The van der Waals surface area contributed by atoms with Crippen molar-refractivity contribution >= 4 is 6.03 Å². The van der Waals surface area contributed by atoms with Gasteiger partial charge in [0.05, 0.1) is 19.8 Å². The van der Waals surface area contributed by atoms with Crippen LogP contribution in [0.25, 0.3) is 0 Å². The van der Waals surface area contributed by atoms with Crippen LogP contribution in [0, 0.1) is 0 Å². The van der Waals surface area contributed by atoms with Crippen LogP contribution in [0.4, 0.5) is 4.79 Å². The maximum absolute atomic E-state index is 12.2. The van der Waals surface area contributed by atoms with Crippen molar-refractivity contribution in [1.82, 2.24) is 10.2 Å². The molecule has 0 aromatic heterocycles. The molecule has 1 aromatic rings. The highest BCUT2D eigenvalue weighted by molar-refractivity contribution is 5.74. The summed E-state index contributed by atoms with van der Waals surface area (Å²) in [5.41, 5.74) is 1.41. The van der Waals surface area contributed by atoms with Crippen molar-refractivity contribution in [3.8, 4) is 5.75 Å². The molecule has 2 amide bonds. The van der Waals surface area contributed by atoms with E-state index in [2.05, 4.69) is 38.2 Å². The van der Waals surface area contributed by atoms with E-state index in [1.807, 2.05) is 17.0 Å². The van der Waals surface area contributed by atoms with Gasteiger partial charge in [-0.15, -0.1) is 0 Å². The van der Waals surface area contributed by atoms with E-state index in [-0.39, 0.29) is 11.4 Å². The van der Waals surface area contributed by atoms with Crippen molar-refractivity contribution in [2.75, 3.05) is 39.5 Å². The molecule has 26 heavy (non-hydrogen) atoms. The quantitative estimate of drug-likeness (QED) is 0.837. The van der Waals surface area contributed by atoms with Crippen LogP contribution in [-0.2, 0) is 14.9 Å². The van der Waals surface area contributed by atoms with Crippen LogP contribution in [0.2, 0.25) is 0 Å². The molecule has 2 heterocycles. The van der Waals surface area contributed by atoms with Gasteiger partial charge in [-0.1, -0.05) is 32.9 Å². The van der Waals surface area contributed by atoms with Crippen molar-refractivity contribution in [2.45, 2.75) is 44.8 Å². The zero-order valence-corrected chi connectivity index (χ0v) is 16.0. The maximum Gasteiger partial charge on any atom is 0.317 e. The van der Waals surface area contributed by atoms with Crippen LogP contribution in [0.15, 0.2) is 24.3 Å². The minimum Gasteiger partial charge on any atom is -0.492 e. The summed E-state index contributed by atoms with van der Waals surface area (Å²) in [6, 6.07) is 8.09. The molecule has 0 atom stereocenters. The van der Waals surface area contributed by atoms with E-state index in [1.165, 1.54) is 5.56 Å². The molecule has 0 radical (unpaired) electrons. The second kappa shape index (κ2) is 7.84.